The number of fused-ring (bicyclic) bond motifs is 1. The summed E-state index contributed by atoms with van der Waals surface area (Å²) in [6, 6.07) is 6.70. The highest BCUT2D eigenvalue weighted by Gasteiger charge is 2.50. The van der Waals surface area contributed by atoms with E-state index in [2.05, 4.69) is 17.1 Å². The van der Waals surface area contributed by atoms with Crippen LogP contribution in [-0.2, 0) is 11.2 Å². The van der Waals surface area contributed by atoms with Crippen LogP contribution in [0.5, 0.6) is 5.75 Å². The van der Waals surface area contributed by atoms with Crippen molar-refractivity contribution in [2.45, 2.75) is 50.9 Å². The second-order valence-corrected chi connectivity index (χ2v) is 8.36. The average Bonchev–Trinajstić information content (AvgIpc) is 3.16. The number of hydrogen-bond acceptors (Lipinski definition) is 7. The number of likely N-dealkylation sites (tertiary alicyclic amines) is 1. The molecule has 3 atom stereocenters. The Hall–Kier alpha value is -2.81. The number of rotatable bonds is 6. The van der Waals surface area contributed by atoms with Crippen LogP contribution < -0.4 is 10.1 Å². The lowest BCUT2D eigenvalue weighted by molar-refractivity contribution is -0.127. The van der Waals surface area contributed by atoms with Crippen molar-refractivity contribution in [3.8, 4) is 5.75 Å². The second kappa shape index (κ2) is 9.13. The zero-order valence-corrected chi connectivity index (χ0v) is 18.2. The quantitative estimate of drug-likeness (QED) is 0.701. The van der Waals surface area contributed by atoms with Crippen molar-refractivity contribution in [3.63, 3.8) is 0 Å². The minimum absolute atomic E-state index is 0.102. The Labute approximate surface area is 182 Å². The number of aliphatic imine (C=N–C) groups is 1. The van der Waals surface area contributed by atoms with Gasteiger partial charge in [-0.1, -0.05) is 19.1 Å². The number of ether oxygens (including phenoxy) is 1. The van der Waals surface area contributed by atoms with Crippen LogP contribution in [0.4, 0.5) is 4.79 Å². The molecule has 0 bridgehead atoms. The van der Waals surface area contributed by atoms with Gasteiger partial charge < -0.3 is 24.5 Å². The Morgan fingerprint density at radius 1 is 1.26 bits per heavy atom. The number of imide groups is 1. The van der Waals surface area contributed by atoms with Crippen molar-refractivity contribution < 1.29 is 19.4 Å². The normalized spacial score (nSPS) is 24.6. The van der Waals surface area contributed by atoms with Crippen molar-refractivity contribution >= 4 is 17.9 Å². The van der Waals surface area contributed by atoms with E-state index in [9.17, 15) is 14.7 Å². The largest absolute Gasteiger partial charge is 0.491 e. The minimum atomic E-state index is -0.824. The maximum Gasteiger partial charge on any atom is 0.325 e. The first-order valence-corrected chi connectivity index (χ1v) is 11.0. The molecule has 2 fully saturated rings. The lowest BCUT2D eigenvalue weighted by atomic mass is 10.1. The molecule has 0 saturated carbocycles. The number of urea groups is 1. The molecule has 31 heavy (non-hydrogen) atoms. The Kier molecular flexibility index (Phi) is 6.31. The molecule has 3 aliphatic rings. The van der Waals surface area contributed by atoms with E-state index in [1.54, 1.807) is 7.05 Å². The maximum absolute atomic E-state index is 12.7. The Morgan fingerprint density at radius 2 is 2.03 bits per heavy atom. The summed E-state index contributed by atoms with van der Waals surface area (Å²) in [7, 11) is 1.64. The first-order chi connectivity index (χ1) is 15.0. The summed E-state index contributed by atoms with van der Waals surface area (Å²) in [6.45, 7) is 4.08. The van der Waals surface area contributed by atoms with E-state index in [4.69, 9.17) is 9.73 Å². The van der Waals surface area contributed by atoms with Gasteiger partial charge in [-0.3, -0.25) is 10.1 Å². The van der Waals surface area contributed by atoms with Crippen LogP contribution >= 0.6 is 0 Å². The van der Waals surface area contributed by atoms with Gasteiger partial charge in [0.1, 0.15) is 18.5 Å². The fraction of sp³-hybridized carbons (Fsp3) is 0.591. The summed E-state index contributed by atoms with van der Waals surface area (Å²) in [4.78, 5) is 35.0. The molecule has 9 nitrogen and oxygen atoms in total. The molecular formula is C22H31N5O4. The van der Waals surface area contributed by atoms with Crippen LogP contribution in [0.15, 0.2) is 29.3 Å². The Morgan fingerprint density at radius 3 is 2.77 bits per heavy atom. The molecule has 3 unspecified atom stereocenters. The van der Waals surface area contributed by atoms with Gasteiger partial charge in [0.05, 0.1) is 6.54 Å². The molecular weight excluding hydrogens is 398 g/mol. The van der Waals surface area contributed by atoms with Gasteiger partial charge >= 0.3 is 6.03 Å². The number of benzene rings is 1. The number of nitrogens with one attached hydrogen (secondary N) is 1. The topological polar surface area (TPSA) is 97.7 Å². The molecule has 168 valence electrons. The molecule has 0 aliphatic carbocycles. The first-order valence-electron chi connectivity index (χ1n) is 11.0. The van der Waals surface area contributed by atoms with Gasteiger partial charge in [-0.25, -0.2) is 9.79 Å². The SMILES string of the molecule is CCc1cccc(OCC(O)CN2C(N3CCCCC3)=NC3C2C(=O)NC(=O)N3C)c1. The van der Waals surface area contributed by atoms with Crippen molar-refractivity contribution in [1.82, 2.24) is 20.0 Å². The van der Waals surface area contributed by atoms with Crippen molar-refractivity contribution in [3.05, 3.63) is 29.8 Å². The average molecular weight is 430 g/mol. The number of hydrogen-bond donors (Lipinski definition) is 2. The summed E-state index contributed by atoms with van der Waals surface area (Å²) >= 11 is 0. The molecule has 1 aromatic rings. The third-order valence-electron chi connectivity index (χ3n) is 6.13. The van der Waals surface area contributed by atoms with E-state index in [-0.39, 0.29) is 19.1 Å². The predicted molar refractivity (Wildman–Crippen MR) is 116 cm³/mol. The Balaban J connectivity index is 1.48. The van der Waals surface area contributed by atoms with Crippen molar-refractivity contribution in [2.75, 3.05) is 33.3 Å². The molecule has 1 aromatic carbocycles. The van der Waals surface area contributed by atoms with E-state index >= 15 is 0 Å². The van der Waals surface area contributed by atoms with E-state index < -0.39 is 24.3 Å². The highest BCUT2D eigenvalue weighted by Crippen LogP contribution is 2.27. The molecule has 3 heterocycles. The number of nitrogens with zero attached hydrogens (tertiary/aromatic N) is 4. The number of β-amino-alcohol motifs (C(OH)–C–C–N with tert-alkyl or cyclic N) is 1. The standard InChI is InChI=1S/C22H31N5O4/c1-3-15-8-7-9-17(12-15)31-14-16(28)13-27-18-19(25(2)22(30)24-20(18)29)23-21(27)26-10-5-4-6-11-26/h7-9,12,16,18-19,28H,3-6,10-11,13-14H2,1-2H3,(H,24,29,30). The van der Waals surface area contributed by atoms with E-state index in [1.807, 2.05) is 29.2 Å². The van der Waals surface area contributed by atoms with Crippen LogP contribution in [0.3, 0.4) is 0 Å². The Bertz CT molecular complexity index is 854. The van der Waals surface area contributed by atoms with Crippen molar-refractivity contribution in [1.29, 1.82) is 0 Å². The van der Waals surface area contributed by atoms with Gasteiger partial charge in [-0.05, 0) is 43.4 Å². The van der Waals surface area contributed by atoms with Crippen LogP contribution in [-0.4, -0.2) is 89.3 Å². The smallest absolute Gasteiger partial charge is 0.325 e. The van der Waals surface area contributed by atoms with Crippen LogP contribution in [0.2, 0.25) is 0 Å². The highest BCUT2D eigenvalue weighted by atomic mass is 16.5. The second-order valence-electron chi connectivity index (χ2n) is 8.36. The first kappa shape index (κ1) is 21.4. The van der Waals surface area contributed by atoms with Crippen LogP contribution in [0.1, 0.15) is 31.7 Å². The summed E-state index contributed by atoms with van der Waals surface area (Å²) in [5, 5.41) is 13.2. The van der Waals surface area contributed by atoms with Gasteiger partial charge in [0, 0.05) is 20.1 Å². The highest BCUT2D eigenvalue weighted by molar-refractivity contribution is 6.03. The molecule has 2 saturated heterocycles. The molecule has 3 aliphatic heterocycles. The lowest BCUT2D eigenvalue weighted by Gasteiger charge is -2.39. The molecule has 2 N–H and O–H groups in total. The molecule has 4 rings (SSSR count). The fourth-order valence-corrected chi connectivity index (χ4v) is 4.39. The summed E-state index contributed by atoms with van der Waals surface area (Å²) in [5.74, 6) is 1.01. The number of aryl methyl sites for hydroxylation is 1. The van der Waals surface area contributed by atoms with E-state index in [0.29, 0.717) is 11.7 Å². The zero-order chi connectivity index (χ0) is 22.0. The zero-order valence-electron chi connectivity index (χ0n) is 18.2. The lowest BCUT2D eigenvalue weighted by Crippen LogP contribution is -2.65. The number of carbonyl (C=O) groups is 2. The number of aliphatic hydroxyl groups is 1. The van der Waals surface area contributed by atoms with Gasteiger partial charge in [0.25, 0.3) is 5.91 Å². The predicted octanol–water partition coefficient (Wildman–Crippen LogP) is 1.02. The number of guanidine groups is 1. The van der Waals surface area contributed by atoms with Crippen LogP contribution in [0, 0.1) is 0 Å². The minimum Gasteiger partial charge on any atom is -0.491 e. The van der Waals surface area contributed by atoms with Gasteiger partial charge in [0.15, 0.2) is 18.2 Å². The van der Waals surface area contributed by atoms with E-state index in [0.717, 1.165) is 32.4 Å². The fourth-order valence-electron chi connectivity index (χ4n) is 4.39. The number of amides is 3. The monoisotopic (exact) mass is 429 g/mol. The molecule has 0 spiro atoms. The third-order valence-corrected chi connectivity index (χ3v) is 6.13. The summed E-state index contributed by atoms with van der Waals surface area (Å²) in [6.07, 6.45) is 2.78. The van der Waals surface area contributed by atoms with Gasteiger partial charge in [-0.2, -0.15) is 0 Å². The van der Waals surface area contributed by atoms with Gasteiger partial charge in [-0.15, -0.1) is 0 Å². The van der Waals surface area contributed by atoms with Crippen LogP contribution in [0.25, 0.3) is 0 Å². The van der Waals surface area contributed by atoms with Gasteiger partial charge in [0.2, 0.25) is 0 Å². The molecule has 0 aromatic heterocycles. The number of carbonyl (C=O) groups excluding carboxylic acids is 2. The molecule has 0 radical (unpaired) electrons. The molecule has 3 amide bonds. The maximum atomic E-state index is 12.7. The third kappa shape index (κ3) is 4.46. The van der Waals surface area contributed by atoms with Crippen molar-refractivity contribution in [2.24, 2.45) is 4.99 Å². The number of piperidine rings is 1. The number of likely N-dealkylation sites (N-methyl/N-ethyl adjacent to an activating group) is 1. The summed E-state index contributed by atoms with van der Waals surface area (Å²) < 4.78 is 5.81. The van der Waals surface area contributed by atoms with E-state index in [1.165, 1.54) is 16.9 Å². The molecule has 9 heteroatoms. The number of aliphatic hydroxyl groups excluding tert-OH is 1. The summed E-state index contributed by atoms with van der Waals surface area (Å²) in [5.41, 5.74) is 1.17.